The molecule has 2 aromatic carbocycles. The van der Waals surface area contributed by atoms with Crippen LogP contribution in [0, 0.1) is 0 Å². The number of fused-ring (bicyclic) bond motifs is 3. The van der Waals surface area contributed by atoms with Crippen molar-refractivity contribution in [3.8, 4) is 0 Å². The van der Waals surface area contributed by atoms with Crippen LogP contribution in [0.3, 0.4) is 0 Å². The first-order chi connectivity index (χ1) is 15.0. The molecular formula is C24H25N3O4. The molecule has 2 N–H and O–H groups in total. The minimum atomic E-state index is -0.383. The molecule has 0 bridgehead atoms. The van der Waals surface area contributed by atoms with Gasteiger partial charge in [-0.25, -0.2) is 4.79 Å². The summed E-state index contributed by atoms with van der Waals surface area (Å²) in [7, 11) is 1.36. The van der Waals surface area contributed by atoms with Crippen molar-refractivity contribution in [1.29, 1.82) is 0 Å². The van der Waals surface area contributed by atoms with Crippen molar-refractivity contribution in [3.05, 3.63) is 70.9 Å². The molecule has 1 aliphatic heterocycles. The highest BCUT2D eigenvalue weighted by atomic mass is 16.5. The third-order valence-electron chi connectivity index (χ3n) is 5.62. The smallest absolute Gasteiger partial charge is 0.337 e. The van der Waals surface area contributed by atoms with Crippen LogP contribution in [0.2, 0.25) is 0 Å². The monoisotopic (exact) mass is 419 g/mol. The molecule has 0 saturated carbocycles. The molecule has 0 spiro atoms. The van der Waals surface area contributed by atoms with Crippen LogP contribution < -0.4 is 5.32 Å². The van der Waals surface area contributed by atoms with Crippen molar-refractivity contribution in [2.75, 3.05) is 20.2 Å². The van der Waals surface area contributed by atoms with Gasteiger partial charge in [-0.15, -0.1) is 0 Å². The Morgan fingerprint density at radius 3 is 2.71 bits per heavy atom. The average Bonchev–Trinajstić information content (AvgIpc) is 3.16. The molecule has 0 aliphatic carbocycles. The van der Waals surface area contributed by atoms with Crippen LogP contribution in [-0.4, -0.2) is 47.9 Å². The molecule has 3 aromatic rings. The van der Waals surface area contributed by atoms with Gasteiger partial charge >= 0.3 is 5.97 Å². The molecule has 160 valence electrons. The fourth-order valence-electron chi connectivity index (χ4n) is 3.98. The number of carbonyl (C=O) groups excluding carboxylic acids is 3. The number of aromatic amines is 1. The van der Waals surface area contributed by atoms with Gasteiger partial charge in [-0.3, -0.25) is 9.59 Å². The number of H-pyrrole nitrogens is 1. The molecular weight excluding hydrogens is 394 g/mol. The van der Waals surface area contributed by atoms with E-state index in [0.29, 0.717) is 31.6 Å². The van der Waals surface area contributed by atoms with Gasteiger partial charge in [0.25, 0.3) is 0 Å². The maximum atomic E-state index is 12.7. The summed E-state index contributed by atoms with van der Waals surface area (Å²) in [6.45, 7) is 1.42. The molecule has 1 aromatic heterocycles. The number of hydrogen-bond acceptors (Lipinski definition) is 4. The number of nitrogens with one attached hydrogen (secondary N) is 2. The highest BCUT2D eigenvalue weighted by Gasteiger charge is 2.24. The van der Waals surface area contributed by atoms with E-state index in [2.05, 4.69) is 10.3 Å². The number of hydrogen-bond donors (Lipinski definition) is 2. The first kappa shape index (κ1) is 20.7. The molecule has 4 rings (SSSR count). The Hall–Kier alpha value is -3.61. The van der Waals surface area contributed by atoms with Crippen LogP contribution in [0.1, 0.15) is 33.6 Å². The average molecular weight is 419 g/mol. The van der Waals surface area contributed by atoms with Crippen molar-refractivity contribution in [2.45, 2.75) is 25.8 Å². The number of carbonyl (C=O) groups is 3. The number of esters is 1. The second-order valence-corrected chi connectivity index (χ2v) is 7.66. The summed E-state index contributed by atoms with van der Waals surface area (Å²) < 4.78 is 4.82. The topological polar surface area (TPSA) is 91.5 Å². The Labute approximate surface area is 180 Å². The molecule has 2 amide bonds. The summed E-state index contributed by atoms with van der Waals surface area (Å²) in [5, 5.41) is 3.76. The van der Waals surface area contributed by atoms with Crippen molar-refractivity contribution in [1.82, 2.24) is 15.2 Å². The van der Waals surface area contributed by atoms with Gasteiger partial charge in [0.15, 0.2) is 0 Å². The fraction of sp³-hybridized carbons (Fsp3) is 0.292. The Kier molecular flexibility index (Phi) is 6.02. The van der Waals surface area contributed by atoms with Gasteiger partial charge in [0, 0.05) is 54.6 Å². The SMILES string of the molecule is COC(=O)c1ccc2[nH]c3c(c2c1)CN(C(=O)CCNC(=O)Cc1ccccc1)CC3. The maximum Gasteiger partial charge on any atom is 0.337 e. The van der Waals surface area contributed by atoms with E-state index in [1.807, 2.05) is 47.4 Å². The number of amides is 2. The Morgan fingerprint density at radius 1 is 1.13 bits per heavy atom. The lowest BCUT2D eigenvalue weighted by Crippen LogP contribution is -2.38. The lowest BCUT2D eigenvalue weighted by atomic mass is 10.0. The molecule has 31 heavy (non-hydrogen) atoms. The van der Waals surface area contributed by atoms with Crippen molar-refractivity contribution in [2.24, 2.45) is 0 Å². The van der Waals surface area contributed by atoms with E-state index in [4.69, 9.17) is 4.74 Å². The fourth-order valence-corrected chi connectivity index (χ4v) is 3.98. The van der Waals surface area contributed by atoms with E-state index in [1.54, 1.807) is 6.07 Å². The summed E-state index contributed by atoms with van der Waals surface area (Å²) in [5.74, 6) is -0.470. The van der Waals surface area contributed by atoms with E-state index >= 15 is 0 Å². The zero-order chi connectivity index (χ0) is 21.8. The number of ether oxygens (including phenoxy) is 1. The zero-order valence-electron chi connectivity index (χ0n) is 17.4. The van der Waals surface area contributed by atoms with Gasteiger partial charge < -0.3 is 19.9 Å². The molecule has 1 aliphatic rings. The minimum absolute atomic E-state index is 0.00383. The minimum Gasteiger partial charge on any atom is -0.465 e. The van der Waals surface area contributed by atoms with Gasteiger partial charge in [-0.2, -0.15) is 0 Å². The Bertz CT molecular complexity index is 1120. The van der Waals surface area contributed by atoms with Crippen LogP contribution in [0.15, 0.2) is 48.5 Å². The van der Waals surface area contributed by atoms with E-state index in [1.165, 1.54) is 7.11 Å². The number of nitrogens with zero attached hydrogens (tertiary/aromatic N) is 1. The predicted molar refractivity (Wildman–Crippen MR) is 117 cm³/mol. The highest BCUT2D eigenvalue weighted by Crippen LogP contribution is 2.29. The van der Waals surface area contributed by atoms with Gasteiger partial charge in [0.1, 0.15) is 0 Å². The van der Waals surface area contributed by atoms with Crippen molar-refractivity contribution < 1.29 is 19.1 Å². The highest BCUT2D eigenvalue weighted by molar-refractivity contribution is 5.96. The number of benzene rings is 2. The van der Waals surface area contributed by atoms with Gasteiger partial charge in [-0.05, 0) is 23.8 Å². The first-order valence-electron chi connectivity index (χ1n) is 10.4. The van der Waals surface area contributed by atoms with Crippen molar-refractivity contribution >= 4 is 28.7 Å². The quantitative estimate of drug-likeness (QED) is 0.601. The second-order valence-electron chi connectivity index (χ2n) is 7.66. The molecule has 0 radical (unpaired) electrons. The van der Waals surface area contributed by atoms with Crippen LogP contribution in [-0.2, 0) is 33.7 Å². The molecule has 7 nitrogen and oxygen atoms in total. The lowest BCUT2D eigenvalue weighted by Gasteiger charge is -2.27. The van der Waals surface area contributed by atoms with E-state index in [9.17, 15) is 14.4 Å². The number of rotatable bonds is 6. The zero-order valence-corrected chi connectivity index (χ0v) is 17.4. The summed E-state index contributed by atoms with van der Waals surface area (Å²) in [4.78, 5) is 41.9. The summed E-state index contributed by atoms with van der Waals surface area (Å²) in [5.41, 5.74) is 4.51. The van der Waals surface area contributed by atoms with Crippen LogP contribution in [0.25, 0.3) is 10.9 Å². The van der Waals surface area contributed by atoms with Crippen LogP contribution in [0.4, 0.5) is 0 Å². The molecule has 0 unspecified atom stereocenters. The largest absolute Gasteiger partial charge is 0.465 e. The molecule has 2 heterocycles. The molecule has 7 heteroatoms. The van der Waals surface area contributed by atoms with E-state index in [-0.39, 0.29) is 24.2 Å². The lowest BCUT2D eigenvalue weighted by molar-refractivity contribution is -0.132. The number of methoxy groups -OCH3 is 1. The summed E-state index contributed by atoms with van der Waals surface area (Å²) >= 11 is 0. The Balaban J connectivity index is 1.36. The van der Waals surface area contributed by atoms with Gasteiger partial charge in [0.2, 0.25) is 11.8 Å². The molecule has 0 saturated heterocycles. The number of aromatic nitrogens is 1. The molecule has 0 fully saturated rings. The van der Waals surface area contributed by atoms with Gasteiger partial charge in [0.05, 0.1) is 19.1 Å². The van der Waals surface area contributed by atoms with Gasteiger partial charge in [-0.1, -0.05) is 30.3 Å². The van der Waals surface area contributed by atoms with Crippen LogP contribution >= 0.6 is 0 Å². The van der Waals surface area contributed by atoms with Crippen molar-refractivity contribution in [3.63, 3.8) is 0 Å². The predicted octanol–water partition coefficient (Wildman–Crippen LogP) is 2.59. The third kappa shape index (κ3) is 4.60. The van der Waals surface area contributed by atoms with Crippen LogP contribution in [0.5, 0.6) is 0 Å². The first-order valence-corrected chi connectivity index (χ1v) is 10.4. The Morgan fingerprint density at radius 2 is 1.94 bits per heavy atom. The summed E-state index contributed by atoms with van der Waals surface area (Å²) in [6, 6.07) is 14.9. The van der Waals surface area contributed by atoms with E-state index < -0.39 is 0 Å². The molecule has 0 atom stereocenters. The second kappa shape index (κ2) is 9.04. The third-order valence-corrected chi connectivity index (χ3v) is 5.62. The normalized spacial score (nSPS) is 13.0. The summed E-state index contributed by atoms with van der Waals surface area (Å²) in [6.07, 6.45) is 1.29. The maximum absolute atomic E-state index is 12.7. The van der Waals surface area contributed by atoms with E-state index in [0.717, 1.165) is 34.1 Å². The standard InChI is InChI=1S/C24H25N3O4/c1-31-24(30)17-7-8-20-18(14-17)19-15-27(12-10-21(19)26-20)23(29)9-11-25-22(28)13-16-5-3-2-4-6-16/h2-8,14,26H,9-13,15H2,1H3,(H,25,28).